The lowest BCUT2D eigenvalue weighted by Gasteiger charge is -2.27. The summed E-state index contributed by atoms with van der Waals surface area (Å²) < 4.78 is 5.63. The topological polar surface area (TPSA) is 34.1 Å². The Morgan fingerprint density at radius 3 is 3.07 bits per heavy atom. The van der Waals surface area contributed by atoms with E-state index in [9.17, 15) is 0 Å². The predicted octanol–water partition coefficient (Wildman–Crippen LogP) is 1.38. The fraction of sp³-hybridized carbons (Fsp3) is 0.545. The summed E-state index contributed by atoms with van der Waals surface area (Å²) in [6.45, 7) is 4.00. The fourth-order valence-corrected chi connectivity index (χ4v) is 1.42. The van der Waals surface area contributed by atoms with Crippen LogP contribution < -0.4 is 10.1 Å². The number of hydrogen-bond acceptors (Lipinski definition) is 3. The van der Waals surface area contributed by atoms with Crippen LogP contribution in [0.5, 0.6) is 5.75 Å². The molecule has 1 N–H and O–H groups in total. The van der Waals surface area contributed by atoms with Crippen molar-refractivity contribution in [3.63, 3.8) is 0 Å². The molecule has 0 spiro atoms. The van der Waals surface area contributed by atoms with Crippen LogP contribution in [0.3, 0.4) is 0 Å². The molecule has 2 heterocycles. The highest BCUT2D eigenvalue weighted by Crippen LogP contribution is 2.13. The second-order valence-corrected chi connectivity index (χ2v) is 3.63. The first-order chi connectivity index (χ1) is 6.88. The molecule has 1 aliphatic rings. The zero-order valence-corrected chi connectivity index (χ0v) is 8.49. The van der Waals surface area contributed by atoms with E-state index in [1.54, 1.807) is 6.20 Å². The molecular weight excluding hydrogens is 176 g/mol. The normalized spacial score (nSPS) is 20.2. The maximum Gasteiger partial charge on any atom is 0.137 e. The zero-order valence-electron chi connectivity index (χ0n) is 8.49. The monoisotopic (exact) mass is 192 g/mol. The van der Waals surface area contributed by atoms with Gasteiger partial charge in [-0.15, -0.1) is 0 Å². The van der Waals surface area contributed by atoms with Crippen molar-refractivity contribution in [2.24, 2.45) is 0 Å². The Bertz CT molecular complexity index is 297. The Hall–Kier alpha value is -1.09. The molecule has 1 saturated heterocycles. The van der Waals surface area contributed by atoms with Gasteiger partial charge in [-0.05, 0) is 31.0 Å². The highest BCUT2D eigenvalue weighted by molar-refractivity contribution is 5.23. The van der Waals surface area contributed by atoms with Crippen molar-refractivity contribution >= 4 is 0 Å². The van der Waals surface area contributed by atoms with Crippen molar-refractivity contribution in [1.29, 1.82) is 0 Å². The number of nitrogens with zero attached hydrogens (tertiary/aromatic N) is 1. The molecule has 0 bridgehead atoms. The number of aryl methyl sites for hydroxylation is 1. The Morgan fingerprint density at radius 1 is 1.57 bits per heavy atom. The number of nitrogens with one attached hydrogen (secondary N) is 1. The molecule has 2 rings (SSSR count). The van der Waals surface area contributed by atoms with Crippen LogP contribution in [0.1, 0.15) is 18.9 Å². The van der Waals surface area contributed by atoms with Gasteiger partial charge in [-0.1, -0.05) is 6.92 Å². The molecule has 0 amide bonds. The van der Waals surface area contributed by atoms with Crippen LogP contribution in [0.2, 0.25) is 0 Å². The second kappa shape index (κ2) is 4.42. The van der Waals surface area contributed by atoms with Crippen molar-refractivity contribution in [2.75, 3.05) is 13.2 Å². The summed E-state index contributed by atoms with van der Waals surface area (Å²) in [4.78, 5) is 4.13. The number of rotatable bonds is 4. The Kier molecular flexibility index (Phi) is 2.99. The molecule has 3 nitrogen and oxygen atoms in total. The predicted molar refractivity (Wildman–Crippen MR) is 55.5 cm³/mol. The maximum absolute atomic E-state index is 5.63. The van der Waals surface area contributed by atoms with E-state index in [-0.39, 0.29) is 0 Å². The van der Waals surface area contributed by atoms with Crippen LogP contribution in [0.15, 0.2) is 18.5 Å². The number of hydrogen-bond donors (Lipinski definition) is 1. The maximum atomic E-state index is 5.63. The molecule has 14 heavy (non-hydrogen) atoms. The largest absolute Gasteiger partial charge is 0.490 e. The molecule has 0 unspecified atom stereocenters. The first-order valence-corrected chi connectivity index (χ1v) is 5.18. The van der Waals surface area contributed by atoms with E-state index in [1.807, 2.05) is 6.20 Å². The van der Waals surface area contributed by atoms with Gasteiger partial charge in [-0.3, -0.25) is 4.98 Å². The first kappa shape index (κ1) is 9.46. The smallest absolute Gasteiger partial charge is 0.137 e. The van der Waals surface area contributed by atoms with E-state index in [2.05, 4.69) is 23.3 Å². The Morgan fingerprint density at radius 2 is 2.43 bits per heavy atom. The molecule has 0 saturated carbocycles. The van der Waals surface area contributed by atoms with E-state index in [0.717, 1.165) is 25.3 Å². The van der Waals surface area contributed by atoms with Crippen LogP contribution in [0.25, 0.3) is 0 Å². The van der Waals surface area contributed by atoms with Gasteiger partial charge in [0.05, 0.1) is 6.20 Å². The second-order valence-electron chi connectivity index (χ2n) is 3.63. The molecule has 0 radical (unpaired) electrons. The van der Waals surface area contributed by atoms with E-state index in [4.69, 9.17) is 4.74 Å². The Labute approximate surface area is 84.5 Å². The van der Waals surface area contributed by atoms with Crippen LogP contribution in [-0.2, 0) is 6.42 Å². The fourth-order valence-electron chi connectivity index (χ4n) is 1.42. The lowest BCUT2D eigenvalue weighted by Crippen LogP contribution is -2.46. The molecule has 0 aromatic carbocycles. The van der Waals surface area contributed by atoms with Crippen LogP contribution in [-0.4, -0.2) is 24.2 Å². The molecule has 1 atom stereocenters. The number of pyridine rings is 1. The number of ether oxygens (including phenoxy) is 1. The van der Waals surface area contributed by atoms with Crippen molar-refractivity contribution < 1.29 is 4.74 Å². The third-order valence-electron chi connectivity index (χ3n) is 2.56. The highest BCUT2D eigenvalue weighted by atomic mass is 16.5. The third-order valence-corrected chi connectivity index (χ3v) is 2.56. The molecule has 1 fully saturated rings. The molecule has 0 aliphatic carbocycles. The van der Waals surface area contributed by atoms with Gasteiger partial charge in [0.1, 0.15) is 12.4 Å². The average Bonchev–Trinajstić information content (AvgIpc) is 2.16. The van der Waals surface area contributed by atoms with Crippen molar-refractivity contribution in [1.82, 2.24) is 10.3 Å². The molecule has 1 aromatic heterocycles. The van der Waals surface area contributed by atoms with E-state index < -0.39 is 0 Å². The van der Waals surface area contributed by atoms with Crippen molar-refractivity contribution in [2.45, 2.75) is 25.8 Å². The van der Waals surface area contributed by atoms with Gasteiger partial charge in [0.25, 0.3) is 0 Å². The lowest BCUT2D eigenvalue weighted by atomic mass is 10.1. The van der Waals surface area contributed by atoms with Gasteiger partial charge in [0, 0.05) is 12.2 Å². The zero-order chi connectivity index (χ0) is 9.80. The first-order valence-electron chi connectivity index (χ1n) is 5.18. The van der Waals surface area contributed by atoms with Crippen molar-refractivity contribution in [3.05, 3.63) is 24.0 Å². The Balaban J connectivity index is 1.87. The molecule has 3 heteroatoms. The standard InChI is InChI=1S/C11H16N2O/c1-2-9-5-11(7-12-6-9)14-8-10-3-4-13-10/h5-7,10,13H,2-4,8H2,1H3/t10-/m0/s1. The number of aromatic nitrogens is 1. The van der Waals surface area contributed by atoms with Gasteiger partial charge < -0.3 is 10.1 Å². The quantitative estimate of drug-likeness (QED) is 0.782. The van der Waals surface area contributed by atoms with E-state index in [1.165, 1.54) is 12.0 Å². The van der Waals surface area contributed by atoms with Gasteiger partial charge in [0.15, 0.2) is 0 Å². The van der Waals surface area contributed by atoms with Gasteiger partial charge in [0.2, 0.25) is 0 Å². The minimum absolute atomic E-state index is 0.542. The molecular formula is C11H16N2O. The van der Waals surface area contributed by atoms with Crippen LogP contribution >= 0.6 is 0 Å². The summed E-state index contributed by atoms with van der Waals surface area (Å²) in [5.41, 5.74) is 1.23. The van der Waals surface area contributed by atoms with Crippen molar-refractivity contribution in [3.8, 4) is 5.75 Å². The summed E-state index contributed by atoms with van der Waals surface area (Å²) in [7, 11) is 0. The van der Waals surface area contributed by atoms with E-state index in [0.29, 0.717) is 6.04 Å². The minimum atomic E-state index is 0.542. The molecule has 1 aromatic rings. The van der Waals surface area contributed by atoms with E-state index >= 15 is 0 Å². The summed E-state index contributed by atoms with van der Waals surface area (Å²) >= 11 is 0. The third kappa shape index (κ3) is 2.23. The lowest BCUT2D eigenvalue weighted by molar-refractivity contribution is 0.217. The summed E-state index contributed by atoms with van der Waals surface area (Å²) in [6, 6.07) is 2.60. The SMILES string of the molecule is CCc1cncc(OC[C@@H]2CCN2)c1. The van der Waals surface area contributed by atoms with Crippen LogP contribution in [0, 0.1) is 0 Å². The molecule has 76 valence electrons. The average molecular weight is 192 g/mol. The molecule has 1 aliphatic heterocycles. The minimum Gasteiger partial charge on any atom is -0.490 e. The summed E-state index contributed by atoms with van der Waals surface area (Å²) in [5, 5.41) is 3.30. The van der Waals surface area contributed by atoms with Gasteiger partial charge >= 0.3 is 0 Å². The highest BCUT2D eigenvalue weighted by Gasteiger charge is 2.16. The summed E-state index contributed by atoms with van der Waals surface area (Å²) in [6.07, 6.45) is 5.89. The van der Waals surface area contributed by atoms with Gasteiger partial charge in [-0.2, -0.15) is 0 Å². The van der Waals surface area contributed by atoms with Crippen LogP contribution in [0.4, 0.5) is 0 Å². The summed E-state index contributed by atoms with van der Waals surface area (Å²) in [5.74, 6) is 0.887. The van der Waals surface area contributed by atoms with Gasteiger partial charge in [-0.25, -0.2) is 0 Å².